The largest absolute Gasteiger partial charge is 0.115 e. The first-order valence-electron chi connectivity index (χ1n) is 9.73. The number of unbranched alkanes of at least 4 members (excludes halogenated alkanes) is 9. The molecule has 1 rings (SSSR count). The molecule has 0 spiro atoms. The van der Waals surface area contributed by atoms with Crippen LogP contribution in [0.4, 0.5) is 0 Å². The first-order chi connectivity index (χ1) is 11.4. The quantitative estimate of drug-likeness (QED) is 0.243. The maximum Gasteiger partial charge on any atom is 0.0924 e. The van der Waals surface area contributed by atoms with Crippen LogP contribution in [0.2, 0.25) is 0 Å². The van der Waals surface area contributed by atoms with Crippen molar-refractivity contribution in [2.45, 2.75) is 109 Å². The lowest BCUT2D eigenvalue weighted by atomic mass is 9.80. The van der Waals surface area contributed by atoms with Gasteiger partial charge in [-0.25, -0.2) is 0 Å². The third-order valence-electron chi connectivity index (χ3n) is 5.63. The highest BCUT2D eigenvalue weighted by atomic mass is 35.5. The van der Waals surface area contributed by atoms with E-state index in [1.807, 2.05) is 6.92 Å². The average Bonchev–Trinajstić information content (AvgIpc) is 2.58. The van der Waals surface area contributed by atoms with Gasteiger partial charge in [0.1, 0.15) is 0 Å². The van der Waals surface area contributed by atoms with E-state index in [4.69, 9.17) is 34.8 Å². The molecule has 0 N–H and O–H groups in total. The molecule has 0 radical (unpaired) electrons. The molecule has 0 bridgehead atoms. The van der Waals surface area contributed by atoms with Gasteiger partial charge in [-0.2, -0.15) is 0 Å². The maximum absolute atomic E-state index is 6.93. The fraction of sp³-hybridized carbons (Fsp3) is 0.810. The fourth-order valence-electron chi connectivity index (χ4n) is 3.54. The van der Waals surface area contributed by atoms with E-state index in [9.17, 15) is 0 Å². The van der Waals surface area contributed by atoms with Crippen LogP contribution in [0, 0.1) is 0 Å². The summed E-state index contributed by atoms with van der Waals surface area (Å²) < 4.78 is 0. The fourth-order valence-corrected chi connectivity index (χ4v) is 4.74. The lowest BCUT2D eigenvalue weighted by Gasteiger charge is -2.38. The van der Waals surface area contributed by atoms with Gasteiger partial charge in [-0.15, -0.1) is 23.2 Å². The minimum atomic E-state index is -0.512. The van der Waals surface area contributed by atoms with Crippen LogP contribution in [0.25, 0.3) is 0 Å². The summed E-state index contributed by atoms with van der Waals surface area (Å²) in [6.45, 7) is 8.52. The molecule has 0 aromatic rings. The molecule has 0 fully saturated rings. The second-order valence-corrected chi connectivity index (χ2v) is 8.90. The van der Waals surface area contributed by atoms with Gasteiger partial charge < -0.3 is 0 Å². The zero-order valence-corrected chi connectivity index (χ0v) is 18.3. The Morgan fingerprint density at radius 1 is 0.792 bits per heavy atom. The normalized spacial score (nSPS) is 24.9. The molecule has 0 saturated heterocycles. The van der Waals surface area contributed by atoms with Crippen molar-refractivity contribution in [1.29, 1.82) is 0 Å². The van der Waals surface area contributed by atoms with Gasteiger partial charge in [0.25, 0.3) is 0 Å². The van der Waals surface area contributed by atoms with Crippen molar-refractivity contribution in [3.63, 3.8) is 0 Å². The summed E-state index contributed by atoms with van der Waals surface area (Å²) in [4.78, 5) is -0.512. The lowest BCUT2D eigenvalue weighted by molar-refractivity contribution is 0.513. The van der Waals surface area contributed by atoms with Gasteiger partial charge in [-0.3, -0.25) is 0 Å². The molecule has 0 aromatic heterocycles. The Bertz CT molecular complexity index is 450. The van der Waals surface area contributed by atoms with Gasteiger partial charge in [0.2, 0.25) is 0 Å². The summed E-state index contributed by atoms with van der Waals surface area (Å²) in [6, 6.07) is 0. The van der Waals surface area contributed by atoms with E-state index in [0.717, 1.165) is 23.4 Å². The Kier molecular flexibility index (Phi) is 10.4. The highest BCUT2D eigenvalue weighted by Crippen LogP contribution is 2.48. The summed E-state index contributed by atoms with van der Waals surface area (Å²) in [5.74, 6) is 0. The van der Waals surface area contributed by atoms with E-state index in [2.05, 4.69) is 20.8 Å². The maximum atomic E-state index is 6.93. The van der Waals surface area contributed by atoms with Crippen LogP contribution < -0.4 is 0 Å². The zero-order chi connectivity index (χ0) is 18.2. The molecule has 0 aliphatic heterocycles. The Labute approximate surface area is 165 Å². The number of alkyl halides is 2. The van der Waals surface area contributed by atoms with Gasteiger partial charge >= 0.3 is 0 Å². The first kappa shape index (κ1) is 22.4. The molecule has 0 amide bonds. The molecule has 0 heterocycles. The number of halogens is 3. The Morgan fingerprint density at radius 2 is 1.25 bits per heavy atom. The Balaban J connectivity index is 2.30. The zero-order valence-electron chi connectivity index (χ0n) is 16.0. The standard InChI is InChI=1S/C21H35Cl3/c1-5-6-7-8-9-10-11-12-13-14-15-21(24)18(4)16(2)17(3)19(22)20(21)23/h20H,5-15H2,1-4H3. The van der Waals surface area contributed by atoms with Gasteiger partial charge in [-0.05, 0) is 43.9 Å². The third-order valence-corrected chi connectivity index (χ3v) is 7.63. The van der Waals surface area contributed by atoms with Crippen LogP contribution in [0.5, 0.6) is 0 Å². The molecule has 0 nitrogen and oxygen atoms in total. The molecular weight excluding hydrogens is 359 g/mol. The van der Waals surface area contributed by atoms with Crippen LogP contribution in [0.15, 0.2) is 21.8 Å². The molecule has 1 aliphatic rings. The topological polar surface area (TPSA) is 0 Å². The van der Waals surface area contributed by atoms with E-state index >= 15 is 0 Å². The molecule has 2 atom stereocenters. The Morgan fingerprint density at radius 3 is 1.75 bits per heavy atom. The van der Waals surface area contributed by atoms with Crippen molar-refractivity contribution in [2.24, 2.45) is 0 Å². The lowest BCUT2D eigenvalue weighted by Crippen LogP contribution is -2.38. The minimum Gasteiger partial charge on any atom is -0.115 e. The van der Waals surface area contributed by atoms with Gasteiger partial charge in [-0.1, -0.05) is 82.7 Å². The second kappa shape index (κ2) is 11.1. The predicted octanol–water partition coefficient (Wildman–Crippen LogP) is 8.75. The van der Waals surface area contributed by atoms with Gasteiger partial charge in [0.15, 0.2) is 0 Å². The van der Waals surface area contributed by atoms with E-state index < -0.39 is 4.87 Å². The van der Waals surface area contributed by atoms with Crippen molar-refractivity contribution in [3.8, 4) is 0 Å². The summed E-state index contributed by atoms with van der Waals surface area (Å²) in [6.07, 6.45) is 14.2. The Hall–Kier alpha value is 0.350. The molecule has 140 valence electrons. The minimum absolute atomic E-state index is 0.303. The summed E-state index contributed by atoms with van der Waals surface area (Å²) >= 11 is 20.0. The number of hydrogen-bond donors (Lipinski definition) is 0. The predicted molar refractivity (Wildman–Crippen MR) is 112 cm³/mol. The van der Waals surface area contributed by atoms with Crippen LogP contribution >= 0.6 is 34.8 Å². The number of rotatable bonds is 11. The van der Waals surface area contributed by atoms with Crippen LogP contribution in [-0.4, -0.2) is 10.3 Å². The number of allylic oxidation sites excluding steroid dienone is 4. The first-order valence-corrected chi connectivity index (χ1v) is 10.9. The summed E-state index contributed by atoms with van der Waals surface area (Å²) in [7, 11) is 0. The number of hydrogen-bond acceptors (Lipinski definition) is 0. The summed E-state index contributed by atoms with van der Waals surface area (Å²) in [5, 5.41) is 0.421. The van der Waals surface area contributed by atoms with Crippen molar-refractivity contribution in [2.75, 3.05) is 0 Å². The molecule has 0 saturated carbocycles. The van der Waals surface area contributed by atoms with Crippen molar-refractivity contribution in [1.82, 2.24) is 0 Å². The van der Waals surface area contributed by atoms with Crippen molar-refractivity contribution < 1.29 is 0 Å². The molecular formula is C21H35Cl3. The smallest absolute Gasteiger partial charge is 0.0924 e. The van der Waals surface area contributed by atoms with E-state index in [1.54, 1.807) is 0 Å². The van der Waals surface area contributed by atoms with Crippen LogP contribution in [-0.2, 0) is 0 Å². The SMILES string of the molecule is CCCCCCCCCCCCC1(Cl)C(C)=C(C)C(C)=C(Cl)C1Cl. The third kappa shape index (κ3) is 5.96. The van der Waals surface area contributed by atoms with Gasteiger partial charge in [0, 0.05) is 5.03 Å². The van der Waals surface area contributed by atoms with E-state index in [1.165, 1.54) is 68.9 Å². The molecule has 1 aliphatic carbocycles. The van der Waals surface area contributed by atoms with E-state index in [0.29, 0.717) is 0 Å². The van der Waals surface area contributed by atoms with E-state index in [-0.39, 0.29) is 5.38 Å². The van der Waals surface area contributed by atoms with Crippen LogP contribution in [0.1, 0.15) is 98.3 Å². The molecule has 2 unspecified atom stereocenters. The monoisotopic (exact) mass is 392 g/mol. The molecule has 0 aromatic carbocycles. The molecule has 3 heteroatoms. The average molecular weight is 394 g/mol. The van der Waals surface area contributed by atoms with Crippen LogP contribution in [0.3, 0.4) is 0 Å². The highest BCUT2D eigenvalue weighted by molar-refractivity contribution is 6.43. The highest BCUT2D eigenvalue weighted by Gasteiger charge is 2.43. The van der Waals surface area contributed by atoms with Crippen molar-refractivity contribution >= 4 is 34.8 Å². The summed E-state index contributed by atoms with van der Waals surface area (Å²) in [5.41, 5.74) is 3.49. The van der Waals surface area contributed by atoms with Crippen molar-refractivity contribution in [3.05, 3.63) is 21.8 Å². The van der Waals surface area contributed by atoms with Gasteiger partial charge in [0.05, 0.1) is 10.3 Å². The molecule has 24 heavy (non-hydrogen) atoms. The second-order valence-electron chi connectivity index (χ2n) is 7.38.